The molecule has 0 atom stereocenters. The maximum Gasteiger partial charge on any atom is 0.276 e. The van der Waals surface area contributed by atoms with E-state index in [9.17, 15) is 4.79 Å². The molecule has 1 aromatic heterocycles. The van der Waals surface area contributed by atoms with Crippen LogP contribution in [0.15, 0.2) is 53.0 Å². The number of hydrogen-bond donors (Lipinski definition) is 0. The minimum absolute atomic E-state index is 0.140. The first-order valence-corrected chi connectivity index (χ1v) is 8.74. The van der Waals surface area contributed by atoms with E-state index in [-0.39, 0.29) is 5.91 Å². The van der Waals surface area contributed by atoms with Gasteiger partial charge in [-0.05, 0) is 49.2 Å². The zero-order chi connectivity index (χ0) is 18.0. The minimum atomic E-state index is -0.140. The van der Waals surface area contributed by atoms with Gasteiger partial charge < -0.3 is 4.90 Å². The van der Waals surface area contributed by atoms with E-state index < -0.39 is 0 Å². The lowest BCUT2D eigenvalue weighted by molar-refractivity contribution is 0.0778. The lowest BCUT2D eigenvalue weighted by Crippen LogP contribution is -2.27. The van der Waals surface area contributed by atoms with Gasteiger partial charge in [-0.25, -0.2) is 4.68 Å². The number of carbonyl (C=O) groups is 1. The number of aromatic nitrogens is 3. The molecule has 3 rings (SSSR count). The molecule has 0 N–H and O–H groups in total. The molecule has 3 aromatic rings. The Morgan fingerprint density at radius 3 is 2.56 bits per heavy atom. The molecule has 0 spiro atoms. The number of aryl methyl sites for hydroxylation is 1. The minimum Gasteiger partial charge on any atom is -0.336 e. The van der Waals surface area contributed by atoms with Crippen LogP contribution in [-0.4, -0.2) is 32.8 Å². The molecule has 1 heterocycles. The fourth-order valence-electron chi connectivity index (χ4n) is 2.65. The normalized spacial score (nSPS) is 10.7. The van der Waals surface area contributed by atoms with Crippen molar-refractivity contribution in [2.45, 2.75) is 20.4 Å². The molecule has 0 radical (unpaired) electrons. The van der Waals surface area contributed by atoms with E-state index in [1.165, 1.54) is 0 Å². The topological polar surface area (TPSA) is 51.0 Å². The van der Waals surface area contributed by atoms with Crippen molar-refractivity contribution in [1.82, 2.24) is 19.9 Å². The molecule has 0 saturated carbocycles. The van der Waals surface area contributed by atoms with Crippen LogP contribution in [0.1, 0.15) is 27.3 Å². The monoisotopic (exact) mass is 398 g/mol. The van der Waals surface area contributed by atoms with Gasteiger partial charge in [0, 0.05) is 18.1 Å². The number of nitrogens with zero attached hydrogens (tertiary/aromatic N) is 4. The van der Waals surface area contributed by atoms with Crippen LogP contribution in [0.2, 0.25) is 0 Å². The maximum absolute atomic E-state index is 12.7. The predicted octanol–water partition coefficient (Wildman–Crippen LogP) is 3.92. The fraction of sp³-hybridized carbons (Fsp3) is 0.211. The molecule has 2 aromatic carbocycles. The molecule has 0 saturated heterocycles. The van der Waals surface area contributed by atoms with Gasteiger partial charge in [0.15, 0.2) is 5.69 Å². The standard InChI is InChI=1S/C19H19BrN4O/c1-13-5-4-6-17(11-13)24-14(2)18(21-22-24)19(25)23(3)12-15-7-9-16(20)10-8-15/h4-11H,12H2,1-3H3. The number of rotatable bonds is 4. The Kier molecular flexibility index (Phi) is 4.99. The molecule has 0 aliphatic heterocycles. The SMILES string of the molecule is Cc1cccc(-n2nnc(C(=O)N(C)Cc3ccc(Br)cc3)c2C)c1. The molecular weight excluding hydrogens is 380 g/mol. The van der Waals surface area contributed by atoms with Crippen molar-refractivity contribution in [3.63, 3.8) is 0 Å². The summed E-state index contributed by atoms with van der Waals surface area (Å²) in [4.78, 5) is 14.4. The first-order chi connectivity index (χ1) is 12.0. The van der Waals surface area contributed by atoms with Gasteiger partial charge in [0.25, 0.3) is 5.91 Å². The third-order valence-corrected chi connectivity index (χ3v) is 4.55. The first kappa shape index (κ1) is 17.4. The van der Waals surface area contributed by atoms with Crippen LogP contribution in [0, 0.1) is 13.8 Å². The van der Waals surface area contributed by atoms with Gasteiger partial charge in [-0.1, -0.05) is 45.4 Å². The zero-order valence-electron chi connectivity index (χ0n) is 14.4. The van der Waals surface area contributed by atoms with Crippen molar-refractivity contribution in [1.29, 1.82) is 0 Å². The van der Waals surface area contributed by atoms with Crippen molar-refractivity contribution >= 4 is 21.8 Å². The molecule has 128 valence electrons. The average Bonchev–Trinajstić information content (AvgIpc) is 2.97. The summed E-state index contributed by atoms with van der Waals surface area (Å²) in [6.07, 6.45) is 0. The van der Waals surface area contributed by atoms with Crippen molar-refractivity contribution in [3.05, 3.63) is 75.5 Å². The third kappa shape index (κ3) is 3.79. The second-order valence-electron chi connectivity index (χ2n) is 6.06. The summed E-state index contributed by atoms with van der Waals surface area (Å²) in [5.41, 5.74) is 4.20. The van der Waals surface area contributed by atoms with Crippen LogP contribution < -0.4 is 0 Å². The van der Waals surface area contributed by atoms with Gasteiger partial charge in [-0.2, -0.15) is 0 Å². The number of carbonyl (C=O) groups excluding carboxylic acids is 1. The Bertz CT molecular complexity index is 902. The van der Waals surface area contributed by atoms with Crippen LogP contribution in [-0.2, 0) is 6.54 Å². The molecule has 0 fully saturated rings. The Balaban J connectivity index is 1.81. The van der Waals surface area contributed by atoms with E-state index in [2.05, 4.69) is 26.2 Å². The molecule has 5 nitrogen and oxygen atoms in total. The van der Waals surface area contributed by atoms with Crippen molar-refractivity contribution in [3.8, 4) is 5.69 Å². The van der Waals surface area contributed by atoms with E-state index in [0.717, 1.165) is 27.0 Å². The molecule has 1 amide bonds. The molecule has 0 unspecified atom stereocenters. The van der Waals surface area contributed by atoms with Gasteiger partial charge in [0.05, 0.1) is 11.4 Å². The molecule has 0 aliphatic carbocycles. The number of halogens is 1. The first-order valence-electron chi connectivity index (χ1n) is 7.95. The summed E-state index contributed by atoms with van der Waals surface area (Å²) < 4.78 is 2.72. The largest absolute Gasteiger partial charge is 0.336 e. The van der Waals surface area contributed by atoms with Crippen LogP contribution >= 0.6 is 15.9 Å². The summed E-state index contributed by atoms with van der Waals surface area (Å²) in [5.74, 6) is -0.140. The van der Waals surface area contributed by atoms with Crippen molar-refractivity contribution in [2.75, 3.05) is 7.05 Å². The van der Waals surface area contributed by atoms with Crippen LogP contribution in [0.3, 0.4) is 0 Å². The molecule has 0 bridgehead atoms. The predicted molar refractivity (Wildman–Crippen MR) is 101 cm³/mol. The molecule has 25 heavy (non-hydrogen) atoms. The van der Waals surface area contributed by atoms with Crippen molar-refractivity contribution in [2.24, 2.45) is 0 Å². The highest BCUT2D eigenvalue weighted by Gasteiger charge is 2.21. The maximum atomic E-state index is 12.7. The molecular formula is C19H19BrN4O. The third-order valence-electron chi connectivity index (χ3n) is 4.02. The molecule has 6 heteroatoms. The number of amides is 1. The zero-order valence-corrected chi connectivity index (χ0v) is 16.0. The van der Waals surface area contributed by atoms with Crippen LogP contribution in [0.5, 0.6) is 0 Å². The summed E-state index contributed by atoms with van der Waals surface area (Å²) in [6.45, 7) is 4.40. The Labute approximate surface area is 155 Å². The van der Waals surface area contributed by atoms with Gasteiger partial charge in [-0.3, -0.25) is 4.79 Å². The number of hydrogen-bond acceptors (Lipinski definition) is 3. The fourth-order valence-corrected chi connectivity index (χ4v) is 2.91. The molecule has 0 aliphatic rings. The van der Waals surface area contributed by atoms with Gasteiger partial charge in [0.2, 0.25) is 0 Å². The summed E-state index contributed by atoms with van der Waals surface area (Å²) >= 11 is 3.42. The van der Waals surface area contributed by atoms with E-state index in [1.54, 1.807) is 16.6 Å². The Hall–Kier alpha value is -2.47. The lowest BCUT2D eigenvalue weighted by Gasteiger charge is -2.16. The highest BCUT2D eigenvalue weighted by molar-refractivity contribution is 9.10. The van der Waals surface area contributed by atoms with E-state index in [0.29, 0.717) is 12.2 Å². The highest BCUT2D eigenvalue weighted by Crippen LogP contribution is 2.16. The quantitative estimate of drug-likeness (QED) is 0.668. The number of benzene rings is 2. The highest BCUT2D eigenvalue weighted by atomic mass is 79.9. The van der Waals surface area contributed by atoms with E-state index >= 15 is 0 Å². The smallest absolute Gasteiger partial charge is 0.276 e. The van der Waals surface area contributed by atoms with Gasteiger partial charge in [0.1, 0.15) is 0 Å². The van der Waals surface area contributed by atoms with Gasteiger partial charge >= 0.3 is 0 Å². The van der Waals surface area contributed by atoms with E-state index in [1.807, 2.05) is 62.4 Å². The Morgan fingerprint density at radius 1 is 1.16 bits per heavy atom. The van der Waals surface area contributed by atoms with Gasteiger partial charge in [-0.15, -0.1) is 5.10 Å². The van der Waals surface area contributed by atoms with E-state index in [4.69, 9.17) is 0 Å². The average molecular weight is 399 g/mol. The lowest BCUT2D eigenvalue weighted by atomic mass is 10.2. The summed E-state index contributed by atoms with van der Waals surface area (Å²) in [6, 6.07) is 15.9. The second kappa shape index (κ2) is 7.19. The van der Waals surface area contributed by atoms with Crippen molar-refractivity contribution < 1.29 is 4.79 Å². The summed E-state index contributed by atoms with van der Waals surface area (Å²) in [5, 5.41) is 8.27. The summed E-state index contributed by atoms with van der Waals surface area (Å²) in [7, 11) is 1.77. The van der Waals surface area contributed by atoms with Crippen LogP contribution in [0.25, 0.3) is 5.69 Å². The van der Waals surface area contributed by atoms with Crippen LogP contribution in [0.4, 0.5) is 0 Å². The Morgan fingerprint density at radius 2 is 1.88 bits per heavy atom. The second-order valence-corrected chi connectivity index (χ2v) is 6.98.